The molecule has 0 aliphatic heterocycles. The minimum Gasteiger partial charge on any atom is -0.494 e. The third-order valence-corrected chi connectivity index (χ3v) is 4.85. The summed E-state index contributed by atoms with van der Waals surface area (Å²) >= 11 is 5.29. The van der Waals surface area contributed by atoms with Gasteiger partial charge in [-0.15, -0.1) is 0 Å². The summed E-state index contributed by atoms with van der Waals surface area (Å²) in [6.07, 6.45) is 2.05. The molecule has 1 amide bonds. The Kier molecular flexibility index (Phi) is 9.42. The summed E-state index contributed by atoms with van der Waals surface area (Å²) < 4.78 is 10.7. The van der Waals surface area contributed by atoms with Crippen molar-refractivity contribution < 1.29 is 19.1 Å². The lowest BCUT2D eigenvalue weighted by Crippen LogP contribution is -2.21. The number of carbonyl (C=O) groups is 2. The molecule has 34 heavy (non-hydrogen) atoms. The number of carbonyl (C=O) groups excluding carboxylic acids is 2. The van der Waals surface area contributed by atoms with Gasteiger partial charge in [0.05, 0.1) is 12.2 Å². The number of hydrogen-bond acceptors (Lipinski definition) is 5. The largest absolute Gasteiger partial charge is 0.494 e. The van der Waals surface area contributed by atoms with Gasteiger partial charge < -0.3 is 25.4 Å². The minimum absolute atomic E-state index is 0.328. The summed E-state index contributed by atoms with van der Waals surface area (Å²) in [5, 5.41) is 9.24. The van der Waals surface area contributed by atoms with Gasteiger partial charge in [0.2, 0.25) is 0 Å². The number of ether oxygens (including phenoxy) is 2. The Hall–Kier alpha value is -3.91. The van der Waals surface area contributed by atoms with Crippen molar-refractivity contribution in [3.63, 3.8) is 0 Å². The van der Waals surface area contributed by atoms with Gasteiger partial charge in [-0.05, 0) is 79.3 Å². The maximum Gasteiger partial charge on any atom is 0.338 e. The molecule has 3 rings (SSSR count). The standard InChI is InChI=1S/C26H27N3O4S/c1-2-3-17-32-23-15-13-21(14-16-23)27-24(30)18-33-25(31)19-9-11-22(12-10-19)29-26(34)28-20-7-5-4-6-8-20/h4-16H,2-3,17-18H2,1H3,(H,27,30)(H2,28,29,34). The van der Waals surface area contributed by atoms with Gasteiger partial charge in [0, 0.05) is 17.1 Å². The lowest BCUT2D eigenvalue weighted by atomic mass is 10.2. The van der Waals surface area contributed by atoms with E-state index in [1.54, 1.807) is 48.5 Å². The second kappa shape index (κ2) is 13.0. The highest BCUT2D eigenvalue weighted by molar-refractivity contribution is 7.80. The average Bonchev–Trinajstić information content (AvgIpc) is 2.85. The van der Waals surface area contributed by atoms with Crippen LogP contribution >= 0.6 is 12.2 Å². The molecule has 0 saturated carbocycles. The molecule has 7 nitrogen and oxygen atoms in total. The number of benzene rings is 3. The predicted octanol–water partition coefficient (Wildman–Crippen LogP) is 5.47. The molecule has 0 unspecified atom stereocenters. The van der Waals surface area contributed by atoms with Crippen molar-refractivity contribution in [1.82, 2.24) is 0 Å². The number of para-hydroxylation sites is 1. The van der Waals surface area contributed by atoms with Crippen LogP contribution in [-0.2, 0) is 9.53 Å². The highest BCUT2D eigenvalue weighted by atomic mass is 32.1. The number of thiocarbonyl (C=S) groups is 1. The number of rotatable bonds is 10. The molecular formula is C26H27N3O4S. The van der Waals surface area contributed by atoms with Crippen LogP contribution in [0.4, 0.5) is 17.1 Å². The van der Waals surface area contributed by atoms with E-state index in [1.807, 2.05) is 30.3 Å². The Morgan fingerprint density at radius 3 is 2.03 bits per heavy atom. The molecule has 0 aromatic heterocycles. The van der Waals surface area contributed by atoms with Crippen LogP contribution in [0.5, 0.6) is 5.75 Å². The van der Waals surface area contributed by atoms with Gasteiger partial charge >= 0.3 is 5.97 Å². The summed E-state index contributed by atoms with van der Waals surface area (Å²) in [5.41, 5.74) is 2.51. The smallest absolute Gasteiger partial charge is 0.338 e. The highest BCUT2D eigenvalue weighted by Gasteiger charge is 2.11. The van der Waals surface area contributed by atoms with Crippen molar-refractivity contribution in [2.75, 3.05) is 29.2 Å². The molecule has 8 heteroatoms. The highest BCUT2D eigenvalue weighted by Crippen LogP contribution is 2.16. The van der Waals surface area contributed by atoms with Gasteiger partial charge in [0.25, 0.3) is 5.91 Å². The fraction of sp³-hybridized carbons (Fsp3) is 0.192. The van der Waals surface area contributed by atoms with Crippen LogP contribution in [0.15, 0.2) is 78.9 Å². The van der Waals surface area contributed by atoms with Crippen molar-refractivity contribution in [3.8, 4) is 5.75 Å². The molecule has 3 N–H and O–H groups in total. The lowest BCUT2D eigenvalue weighted by molar-refractivity contribution is -0.119. The third kappa shape index (κ3) is 8.22. The quantitative estimate of drug-likeness (QED) is 0.203. The van der Waals surface area contributed by atoms with E-state index in [2.05, 4.69) is 22.9 Å². The molecule has 0 spiro atoms. The monoisotopic (exact) mass is 477 g/mol. The van der Waals surface area contributed by atoms with E-state index in [9.17, 15) is 9.59 Å². The maximum atomic E-state index is 12.3. The molecule has 0 aliphatic rings. The lowest BCUT2D eigenvalue weighted by Gasteiger charge is -2.11. The van der Waals surface area contributed by atoms with Gasteiger partial charge in [-0.25, -0.2) is 4.79 Å². The Morgan fingerprint density at radius 2 is 1.38 bits per heavy atom. The van der Waals surface area contributed by atoms with Crippen LogP contribution in [0.2, 0.25) is 0 Å². The van der Waals surface area contributed by atoms with Crippen molar-refractivity contribution in [2.45, 2.75) is 19.8 Å². The Balaban J connectivity index is 1.41. The summed E-state index contributed by atoms with van der Waals surface area (Å²) in [7, 11) is 0. The van der Waals surface area contributed by atoms with Gasteiger partial charge in [-0.3, -0.25) is 4.79 Å². The van der Waals surface area contributed by atoms with Crippen LogP contribution < -0.4 is 20.7 Å². The zero-order valence-corrected chi connectivity index (χ0v) is 19.7. The molecule has 3 aromatic rings. The van der Waals surface area contributed by atoms with E-state index >= 15 is 0 Å². The first-order valence-corrected chi connectivity index (χ1v) is 11.4. The molecule has 176 valence electrons. The van der Waals surface area contributed by atoms with Gasteiger partial charge in [0.15, 0.2) is 11.7 Å². The van der Waals surface area contributed by atoms with Crippen LogP contribution in [0.3, 0.4) is 0 Å². The first-order chi connectivity index (χ1) is 16.5. The average molecular weight is 478 g/mol. The summed E-state index contributed by atoms with van der Waals surface area (Å²) in [6, 6.07) is 23.2. The molecule has 0 saturated heterocycles. The normalized spacial score (nSPS) is 10.1. The van der Waals surface area contributed by atoms with E-state index in [0.717, 1.165) is 24.3 Å². The van der Waals surface area contributed by atoms with Crippen LogP contribution in [0.25, 0.3) is 0 Å². The minimum atomic E-state index is -0.591. The number of amides is 1. The molecule has 3 aromatic carbocycles. The molecule has 0 bridgehead atoms. The molecule has 0 fully saturated rings. The fourth-order valence-electron chi connectivity index (χ4n) is 2.88. The first kappa shape index (κ1) is 24.7. The Morgan fingerprint density at radius 1 is 0.794 bits per heavy atom. The maximum absolute atomic E-state index is 12.3. The second-order valence-electron chi connectivity index (χ2n) is 7.37. The molecule has 0 atom stereocenters. The van der Waals surface area contributed by atoms with Crippen LogP contribution in [0, 0.1) is 0 Å². The van der Waals surface area contributed by atoms with E-state index in [1.165, 1.54) is 0 Å². The van der Waals surface area contributed by atoms with Crippen molar-refractivity contribution in [2.24, 2.45) is 0 Å². The van der Waals surface area contributed by atoms with E-state index < -0.39 is 18.5 Å². The van der Waals surface area contributed by atoms with Crippen molar-refractivity contribution >= 4 is 46.3 Å². The molecular weight excluding hydrogens is 450 g/mol. The van der Waals surface area contributed by atoms with E-state index in [4.69, 9.17) is 21.7 Å². The van der Waals surface area contributed by atoms with Crippen LogP contribution in [0.1, 0.15) is 30.1 Å². The van der Waals surface area contributed by atoms with E-state index in [-0.39, 0.29) is 0 Å². The molecule has 0 radical (unpaired) electrons. The summed E-state index contributed by atoms with van der Waals surface area (Å²) in [5.74, 6) is -0.276. The zero-order valence-electron chi connectivity index (χ0n) is 18.9. The van der Waals surface area contributed by atoms with Crippen molar-refractivity contribution in [1.29, 1.82) is 0 Å². The van der Waals surface area contributed by atoms with Gasteiger partial charge in [0.1, 0.15) is 5.75 Å². The number of nitrogens with one attached hydrogen (secondary N) is 3. The number of hydrogen-bond donors (Lipinski definition) is 3. The SMILES string of the molecule is CCCCOc1ccc(NC(=O)COC(=O)c2ccc(NC(=S)Nc3ccccc3)cc2)cc1. The van der Waals surface area contributed by atoms with Gasteiger partial charge in [-0.1, -0.05) is 31.5 Å². The zero-order chi connectivity index (χ0) is 24.2. The predicted molar refractivity (Wildman–Crippen MR) is 138 cm³/mol. The fourth-order valence-corrected chi connectivity index (χ4v) is 3.12. The first-order valence-electron chi connectivity index (χ1n) is 11.0. The Labute approximate surface area is 204 Å². The van der Waals surface area contributed by atoms with E-state index in [0.29, 0.717) is 28.7 Å². The second-order valence-corrected chi connectivity index (χ2v) is 7.78. The molecule has 0 aliphatic carbocycles. The topological polar surface area (TPSA) is 88.7 Å². The molecule has 0 heterocycles. The van der Waals surface area contributed by atoms with Crippen molar-refractivity contribution in [3.05, 3.63) is 84.4 Å². The number of anilines is 3. The third-order valence-electron chi connectivity index (χ3n) is 4.65. The summed E-state index contributed by atoms with van der Waals surface area (Å²) in [6.45, 7) is 2.37. The Bertz CT molecular complexity index is 1090. The summed E-state index contributed by atoms with van der Waals surface area (Å²) in [4.78, 5) is 24.4. The number of unbranched alkanes of at least 4 members (excludes halogenated alkanes) is 1. The van der Waals surface area contributed by atoms with Crippen LogP contribution in [-0.4, -0.2) is 30.2 Å². The van der Waals surface area contributed by atoms with Gasteiger partial charge in [-0.2, -0.15) is 0 Å². The number of esters is 1.